The van der Waals surface area contributed by atoms with Gasteiger partial charge in [-0.15, -0.1) is 0 Å². The van der Waals surface area contributed by atoms with Gasteiger partial charge >= 0.3 is 0 Å². The Labute approximate surface area is 106 Å². The molecule has 0 aliphatic carbocycles. The topological polar surface area (TPSA) is 65.9 Å². The van der Waals surface area contributed by atoms with E-state index in [2.05, 4.69) is 16.0 Å². The van der Waals surface area contributed by atoms with Crippen LogP contribution in [0.5, 0.6) is 0 Å². The lowest BCUT2D eigenvalue weighted by atomic mass is 10.0. The highest BCUT2D eigenvalue weighted by Gasteiger charge is 2.24. The van der Waals surface area contributed by atoms with E-state index in [4.69, 9.17) is 22.6 Å². The van der Waals surface area contributed by atoms with Gasteiger partial charge in [0.05, 0.1) is 5.56 Å². The van der Waals surface area contributed by atoms with Crippen LogP contribution in [0.25, 0.3) is 0 Å². The summed E-state index contributed by atoms with van der Waals surface area (Å²) in [5.41, 5.74) is 6.24. The molecule has 17 heavy (non-hydrogen) atoms. The quantitative estimate of drug-likeness (QED) is 0.871. The SMILES string of the molecule is N#Cc1ccnc(N2CCCCC2CN)c1Cl. The lowest BCUT2D eigenvalue weighted by Gasteiger charge is -2.36. The number of nitriles is 1. The first-order valence-corrected chi connectivity index (χ1v) is 6.17. The minimum absolute atomic E-state index is 0.280. The van der Waals surface area contributed by atoms with Crippen LogP contribution in [0.4, 0.5) is 5.82 Å². The van der Waals surface area contributed by atoms with Gasteiger partial charge in [-0.1, -0.05) is 11.6 Å². The molecule has 5 heteroatoms. The predicted molar refractivity (Wildman–Crippen MR) is 68.0 cm³/mol. The van der Waals surface area contributed by atoms with Crippen molar-refractivity contribution in [2.45, 2.75) is 25.3 Å². The van der Waals surface area contributed by atoms with Gasteiger partial charge in [0.25, 0.3) is 0 Å². The van der Waals surface area contributed by atoms with Crippen LogP contribution in [0.1, 0.15) is 24.8 Å². The molecule has 1 unspecified atom stereocenters. The van der Waals surface area contributed by atoms with E-state index in [0.29, 0.717) is 22.9 Å². The normalized spacial score (nSPS) is 20.1. The molecule has 1 aromatic rings. The van der Waals surface area contributed by atoms with Crippen molar-refractivity contribution < 1.29 is 0 Å². The molecule has 1 atom stereocenters. The highest BCUT2D eigenvalue weighted by atomic mass is 35.5. The third-order valence-electron chi connectivity index (χ3n) is 3.16. The third-order valence-corrected chi connectivity index (χ3v) is 3.54. The number of aromatic nitrogens is 1. The summed E-state index contributed by atoms with van der Waals surface area (Å²) in [5.74, 6) is 0.695. The highest BCUT2D eigenvalue weighted by Crippen LogP contribution is 2.30. The van der Waals surface area contributed by atoms with Crippen LogP contribution in [0, 0.1) is 11.3 Å². The molecule has 90 valence electrons. The molecule has 0 bridgehead atoms. The smallest absolute Gasteiger partial charge is 0.149 e. The number of nitrogens with two attached hydrogens (primary N) is 1. The van der Waals surface area contributed by atoms with Crippen molar-refractivity contribution in [3.8, 4) is 6.07 Å². The molecule has 0 saturated carbocycles. The van der Waals surface area contributed by atoms with Crippen LogP contribution in [0.3, 0.4) is 0 Å². The molecule has 2 N–H and O–H groups in total. The molecule has 0 radical (unpaired) electrons. The average molecular weight is 251 g/mol. The van der Waals surface area contributed by atoms with E-state index in [1.54, 1.807) is 12.3 Å². The molecule has 1 fully saturated rings. The molecule has 2 heterocycles. The van der Waals surface area contributed by atoms with E-state index in [1.807, 2.05) is 0 Å². The van der Waals surface area contributed by atoms with Gasteiger partial charge in [0, 0.05) is 25.3 Å². The van der Waals surface area contributed by atoms with Crippen molar-refractivity contribution in [1.82, 2.24) is 4.98 Å². The van der Waals surface area contributed by atoms with Crippen LogP contribution < -0.4 is 10.6 Å². The van der Waals surface area contributed by atoms with E-state index in [1.165, 1.54) is 6.42 Å². The van der Waals surface area contributed by atoms with Crippen LogP contribution in [-0.2, 0) is 0 Å². The summed E-state index contributed by atoms with van der Waals surface area (Å²) in [6.45, 7) is 1.50. The van der Waals surface area contributed by atoms with Crippen molar-refractivity contribution in [2.75, 3.05) is 18.0 Å². The van der Waals surface area contributed by atoms with Crippen molar-refractivity contribution >= 4 is 17.4 Å². The minimum atomic E-state index is 0.280. The second-order valence-corrected chi connectivity index (χ2v) is 4.56. The zero-order chi connectivity index (χ0) is 12.3. The summed E-state index contributed by atoms with van der Waals surface area (Å²) in [6.07, 6.45) is 4.99. The first-order valence-electron chi connectivity index (χ1n) is 5.79. The van der Waals surface area contributed by atoms with E-state index in [9.17, 15) is 0 Å². The van der Waals surface area contributed by atoms with Gasteiger partial charge in [0.2, 0.25) is 0 Å². The Morgan fingerprint density at radius 1 is 1.59 bits per heavy atom. The van der Waals surface area contributed by atoms with Crippen LogP contribution >= 0.6 is 11.6 Å². The fourth-order valence-corrected chi connectivity index (χ4v) is 2.51. The molecular weight excluding hydrogens is 236 g/mol. The molecule has 1 saturated heterocycles. The van der Waals surface area contributed by atoms with Crippen molar-refractivity contribution in [3.63, 3.8) is 0 Å². The first kappa shape index (κ1) is 12.2. The van der Waals surface area contributed by atoms with Crippen LogP contribution in [0.15, 0.2) is 12.3 Å². The van der Waals surface area contributed by atoms with E-state index in [0.717, 1.165) is 19.4 Å². The van der Waals surface area contributed by atoms with Gasteiger partial charge in [-0.25, -0.2) is 4.98 Å². The van der Waals surface area contributed by atoms with Crippen LogP contribution in [-0.4, -0.2) is 24.1 Å². The monoisotopic (exact) mass is 250 g/mol. The highest BCUT2D eigenvalue weighted by molar-refractivity contribution is 6.34. The fourth-order valence-electron chi connectivity index (χ4n) is 2.24. The van der Waals surface area contributed by atoms with E-state index < -0.39 is 0 Å². The summed E-state index contributed by atoms with van der Waals surface area (Å²) in [6, 6.07) is 3.99. The average Bonchev–Trinajstić information content (AvgIpc) is 2.39. The zero-order valence-corrected chi connectivity index (χ0v) is 10.3. The number of halogens is 1. The maximum absolute atomic E-state index is 8.96. The molecule has 0 spiro atoms. The summed E-state index contributed by atoms with van der Waals surface area (Å²) >= 11 is 6.20. The van der Waals surface area contributed by atoms with Gasteiger partial charge in [-0.05, 0) is 25.3 Å². The Morgan fingerprint density at radius 2 is 2.41 bits per heavy atom. The lowest BCUT2D eigenvalue weighted by molar-refractivity contribution is 0.462. The standard InChI is InChI=1S/C12H15ClN4/c13-11-9(7-14)4-5-16-12(11)17-6-2-1-3-10(17)8-15/h4-5,10H,1-3,6,8,15H2. The minimum Gasteiger partial charge on any atom is -0.351 e. The molecule has 1 aromatic heterocycles. The largest absolute Gasteiger partial charge is 0.351 e. The summed E-state index contributed by atoms with van der Waals surface area (Å²) in [7, 11) is 0. The molecule has 2 rings (SSSR count). The third kappa shape index (κ3) is 2.36. The Hall–Kier alpha value is -1.31. The zero-order valence-electron chi connectivity index (χ0n) is 9.56. The number of anilines is 1. The summed E-state index contributed by atoms with van der Waals surface area (Å²) in [5, 5.41) is 9.40. The van der Waals surface area contributed by atoms with Gasteiger partial charge in [-0.2, -0.15) is 5.26 Å². The van der Waals surface area contributed by atoms with Crippen molar-refractivity contribution in [2.24, 2.45) is 5.73 Å². The van der Waals surface area contributed by atoms with E-state index >= 15 is 0 Å². The summed E-state index contributed by atoms with van der Waals surface area (Å²) in [4.78, 5) is 6.43. The number of hydrogen-bond donors (Lipinski definition) is 1. The van der Waals surface area contributed by atoms with Crippen molar-refractivity contribution in [3.05, 3.63) is 22.8 Å². The van der Waals surface area contributed by atoms with Gasteiger partial charge < -0.3 is 10.6 Å². The van der Waals surface area contributed by atoms with Crippen molar-refractivity contribution in [1.29, 1.82) is 5.26 Å². The summed E-state index contributed by atoms with van der Waals surface area (Å²) < 4.78 is 0. The number of hydrogen-bond acceptors (Lipinski definition) is 4. The van der Waals surface area contributed by atoms with Gasteiger partial charge in [0.1, 0.15) is 16.9 Å². The predicted octanol–water partition coefficient (Wildman–Crippen LogP) is 1.92. The van der Waals surface area contributed by atoms with Gasteiger partial charge in [0.15, 0.2) is 0 Å². The Bertz CT molecular complexity index is 441. The number of piperidine rings is 1. The molecule has 0 aromatic carbocycles. The Morgan fingerprint density at radius 3 is 3.12 bits per heavy atom. The second kappa shape index (κ2) is 5.35. The maximum atomic E-state index is 8.96. The number of rotatable bonds is 2. The Kier molecular flexibility index (Phi) is 3.82. The van der Waals surface area contributed by atoms with Gasteiger partial charge in [-0.3, -0.25) is 0 Å². The number of nitrogens with zero attached hydrogens (tertiary/aromatic N) is 3. The molecule has 4 nitrogen and oxygen atoms in total. The molecule has 0 amide bonds. The van der Waals surface area contributed by atoms with Crippen LogP contribution in [0.2, 0.25) is 5.02 Å². The van der Waals surface area contributed by atoms with E-state index in [-0.39, 0.29) is 6.04 Å². The fraction of sp³-hybridized carbons (Fsp3) is 0.500. The second-order valence-electron chi connectivity index (χ2n) is 4.19. The number of pyridine rings is 1. The lowest BCUT2D eigenvalue weighted by Crippen LogP contribution is -2.44. The molecular formula is C12H15ClN4. The Balaban J connectivity index is 2.35. The maximum Gasteiger partial charge on any atom is 0.149 e. The molecule has 1 aliphatic rings. The first-order chi connectivity index (χ1) is 8.27. The molecule has 1 aliphatic heterocycles.